The van der Waals surface area contributed by atoms with E-state index in [1.807, 2.05) is 0 Å². The summed E-state index contributed by atoms with van der Waals surface area (Å²) in [6.07, 6.45) is 4.20. The Balaban J connectivity index is 1.57. The van der Waals surface area contributed by atoms with Crippen molar-refractivity contribution >= 4 is 5.91 Å². The summed E-state index contributed by atoms with van der Waals surface area (Å²) in [6, 6.07) is 0. The Bertz CT molecular complexity index is 260. The van der Waals surface area contributed by atoms with Crippen LogP contribution in [-0.4, -0.2) is 50.0 Å². The smallest absolute Gasteiger partial charge is 0.246 e. The molecule has 5 nitrogen and oxygen atoms in total. The lowest BCUT2D eigenvalue weighted by Gasteiger charge is -2.22. The van der Waals surface area contributed by atoms with Crippen LogP contribution in [0, 0.1) is 5.41 Å². The predicted octanol–water partition coefficient (Wildman–Crippen LogP) is -0.356. The average Bonchev–Trinajstić information content (AvgIpc) is 3.16. The number of nitrogens with one attached hydrogen (secondary N) is 2. The molecule has 17 heavy (non-hydrogen) atoms. The summed E-state index contributed by atoms with van der Waals surface area (Å²) in [4.78, 5) is 11.5. The van der Waals surface area contributed by atoms with Gasteiger partial charge < -0.3 is 20.5 Å². The average molecular weight is 242 g/mol. The highest BCUT2D eigenvalue weighted by Crippen LogP contribution is 2.44. The van der Waals surface area contributed by atoms with Gasteiger partial charge in [-0.25, -0.2) is 0 Å². The first-order chi connectivity index (χ1) is 8.24. The minimum atomic E-state index is -0.0664. The molecule has 1 saturated heterocycles. The second-order valence-electron chi connectivity index (χ2n) is 5.20. The number of amides is 1. The lowest BCUT2D eigenvalue weighted by atomic mass is 10.1. The minimum Gasteiger partial charge on any atom is -0.396 e. The zero-order chi connectivity index (χ0) is 12.1. The molecule has 0 unspecified atom stereocenters. The molecule has 0 radical (unpaired) electrons. The summed E-state index contributed by atoms with van der Waals surface area (Å²) in [5, 5.41) is 15.2. The summed E-state index contributed by atoms with van der Waals surface area (Å²) < 4.78 is 5.55. The van der Waals surface area contributed by atoms with Gasteiger partial charge in [0, 0.05) is 12.0 Å². The predicted molar refractivity (Wildman–Crippen MR) is 63.6 cm³/mol. The summed E-state index contributed by atoms with van der Waals surface area (Å²) in [7, 11) is 0. The Kier molecular flexibility index (Phi) is 4.36. The van der Waals surface area contributed by atoms with Gasteiger partial charge >= 0.3 is 0 Å². The van der Waals surface area contributed by atoms with Crippen molar-refractivity contribution in [3.05, 3.63) is 0 Å². The Labute approximate surface area is 102 Å². The molecule has 1 amide bonds. The Morgan fingerprint density at radius 3 is 2.71 bits per heavy atom. The lowest BCUT2D eigenvalue weighted by Crippen LogP contribution is -2.37. The van der Waals surface area contributed by atoms with Crippen molar-refractivity contribution in [1.82, 2.24) is 10.6 Å². The minimum absolute atomic E-state index is 0.0234. The number of aliphatic hydroxyl groups excluding tert-OH is 1. The van der Waals surface area contributed by atoms with Crippen LogP contribution in [0.4, 0.5) is 0 Å². The van der Waals surface area contributed by atoms with Crippen LogP contribution >= 0.6 is 0 Å². The Morgan fingerprint density at radius 2 is 2.12 bits per heavy atom. The summed E-state index contributed by atoms with van der Waals surface area (Å²) >= 11 is 0. The van der Waals surface area contributed by atoms with Crippen molar-refractivity contribution < 1.29 is 14.6 Å². The molecule has 0 spiro atoms. The van der Waals surface area contributed by atoms with Crippen molar-refractivity contribution in [2.75, 3.05) is 32.8 Å². The van der Waals surface area contributed by atoms with Gasteiger partial charge in [-0.3, -0.25) is 4.79 Å². The van der Waals surface area contributed by atoms with Crippen molar-refractivity contribution in [2.45, 2.75) is 31.8 Å². The number of hydrogen-bond acceptors (Lipinski definition) is 4. The number of piperidine rings is 1. The largest absolute Gasteiger partial charge is 0.396 e. The number of aliphatic hydroxyl groups is 1. The molecule has 0 bridgehead atoms. The third kappa shape index (κ3) is 3.94. The van der Waals surface area contributed by atoms with Crippen LogP contribution < -0.4 is 10.6 Å². The van der Waals surface area contributed by atoms with E-state index >= 15 is 0 Å². The zero-order valence-corrected chi connectivity index (χ0v) is 10.2. The molecule has 1 heterocycles. The van der Waals surface area contributed by atoms with E-state index in [1.165, 1.54) is 0 Å². The first-order valence-electron chi connectivity index (χ1n) is 6.44. The third-order valence-corrected chi connectivity index (χ3v) is 3.69. The number of carbonyl (C=O) groups excluding carboxylic acids is 1. The lowest BCUT2D eigenvalue weighted by molar-refractivity contribution is -0.128. The SMILES string of the molecule is O=C(COC1CCNCC1)NCC1(CO)CC1. The van der Waals surface area contributed by atoms with E-state index in [0.717, 1.165) is 38.8 Å². The highest BCUT2D eigenvalue weighted by atomic mass is 16.5. The quantitative estimate of drug-likeness (QED) is 0.595. The topological polar surface area (TPSA) is 70.6 Å². The fourth-order valence-electron chi connectivity index (χ4n) is 2.06. The van der Waals surface area contributed by atoms with Crippen molar-refractivity contribution in [3.8, 4) is 0 Å². The van der Waals surface area contributed by atoms with E-state index in [4.69, 9.17) is 9.84 Å². The van der Waals surface area contributed by atoms with Crippen LogP contribution in [0.1, 0.15) is 25.7 Å². The van der Waals surface area contributed by atoms with Crippen LogP contribution in [-0.2, 0) is 9.53 Å². The molecule has 1 saturated carbocycles. The maximum atomic E-state index is 11.5. The fourth-order valence-corrected chi connectivity index (χ4v) is 2.06. The van der Waals surface area contributed by atoms with E-state index < -0.39 is 0 Å². The molecule has 2 fully saturated rings. The van der Waals surface area contributed by atoms with E-state index in [2.05, 4.69) is 10.6 Å². The van der Waals surface area contributed by atoms with E-state index in [-0.39, 0.29) is 30.6 Å². The monoisotopic (exact) mass is 242 g/mol. The van der Waals surface area contributed by atoms with Crippen LogP contribution in [0.15, 0.2) is 0 Å². The van der Waals surface area contributed by atoms with Gasteiger partial charge in [0.2, 0.25) is 5.91 Å². The maximum absolute atomic E-state index is 11.5. The van der Waals surface area contributed by atoms with Gasteiger partial charge in [-0.15, -0.1) is 0 Å². The van der Waals surface area contributed by atoms with Crippen LogP contribution in [0.2, 0.25) is 0 Å². The van der Waals surface area contributed by atoms with E-state index in [1.54, 1.807) is 0 Å². The molecule has 2 aliphatic rings. The molecular weight excluding hydrogens is 220 g/mol. The molecule has 2 rings (SSSR count). The van der Waals surface area contributed by atoms with E-state index in [0.29, 0.717) is 6.54 Å². The van der Waals surface area contributed by atoms with E-state index in [9.17, 15) is 4.79 Å². The molecule has 0 aromatic rings. The molecule has 3 N–H and O–H groups in total. The highest BCUT2D eigenvalue weighted by molar-refractivity contribution is 5.77. The zero-order valence-electron chi connectivity index (χ0n) is 10.2. The standard InChI is InChI=1S/C12H22N2O3/c15-9-12(3-4-12)8-14-11(16)7-17-10-1-5-13-6-2-10/h10,13,15H,1-9H2,(H,14,16). The summed E-state index contributed by atoms with van der Waals surface area (Å²) in [5.41, 5.74) is -0.0234. The molecule has 0 atom stereocenters. The van der Waals surface area contributed by atoms with Crippen molar-refractivity contribution in [3.63, 3.8) is 0 Å². The molecule has 98 valence electrons. The molecular formula is C12H22N2O3. The second kappa shape index (κ2) is 5.80. The Morgan fingerprint density at radius 1 is 1.41 bits per heavy atom. The van der Waals surface area contributed by atoms with Gasteiger partial charge in [0.1, 0.15) is 6.61 Å². The van der Waals surface area contributed by atoms with Gasteiger partial charge in [0.05, 0.1) is 12.7 Å². The molecule has 5 heteroatoms. The number of rotatable bonds is 6. The number of hydrogen-bond donors (Lipinski definition) is 3. The molecule has 0 aromatic carbocycles. The normalized spacial score (nSPS) is 23.4. The second-order valence-corrected chi connectivity index (χ2v) is 5.20. The van der Waals surface area contributed by atoms with Crippen LogP contribution in [0.25, 0.3) is 0 Å². The van der Waals surface area contributed by atoms with Crippen molar-refractivity contribution in [2.24, 2.45) is 5.41 Å². The number of ether oxygens (including phenoxy) is 1. The molecule has 1 aliphatic carbocycles. The van der Waals surface area contributed by atoms with Gasteiger partial charge in [-0.1, -0.05) is 0 Å². The summed E-state index contributed by atoms with van der Waals surface area (Å²) in [6.45, 7) is 2.84. The third-order valence-electron chi connectivity index (χ3n) is 3.69. The fraction of sp³-hybridized carbons (Fsp3) is 0.917. The van der Waals surface area contributed by atoms with Gasteiger partial charge in [0.25, 0.3) is 0 Å². The van der Waals surface area contributed by atoms with Gasteiger partial charge in [-0.05, 0) is 38.8 Å². The maximum Gasteiger partial charge on any atom is 0.246 e. The molecule has 0 aromatic heterocycles. The van der Waals surface area contributed by atoms with Crippen LogP contribution in [0.3, 0.4) is 0 Å². The van der Waals surface area contributed by atoms with Gasteiger partial charge in [-0.2, -0.15) is 0 Å². The van der Waals surface area contributed by atoms with Gasteiger partial charge in [0.15, 0.2) is 0 Å². The molecule has 1 aliphatic heterocycles. The van der Waals surface area contributed by atoms with Crippen molar-refractivity contribution in [1.29, 1.82) is 0 Å². The number of carbonyl (C=O) groups is 1. The first kappa shape index (κ1) is 12.8. The summed E-state index contributed by atoms with van der Waals surface area (Å²) in [5.74, 6) is -0.0664. The van der Waals surface area contributed by atoms with Crippen LogP contribution in [0.5, 0.6) is 0 Å². The highest BCUT2D eigenvalue weighted by Gasteiger charge is 2.42. The Hall–Kier alpha value is -0.650. The first-order valence-corrected chi connectivity index (χ1v) is 6.44.